The van der Waals surface area contributed by atoms with Crippen LogP contribution in [0.25, 0.3) is 27.3 Å². The van der Waals surface area contributed by atoms with Gasteiger partial charge in [-0.25, -0.2) is 0 Å². The van der Waals surface area contributed by atoms with E-state index in [1.165, 1.54) is 21.0 Å². The summed E-state index contributed by atoms with van der Waals surface area (Å²) in [6.07, 6.45) is 3.93. The number of rotatable bonds is 0. The minimum Gasteiger partial charge on any atom is -1.00 e. The Kier molecular flexibility index (Phi) is 2.84. The Balaban J connectivity index is 0.000001000. The van der Waals surface area contributed by atoms with Crippen molar-refractivity contribution in [3.63, 3.8) is 0 Å². The molecule has 1 aliphatic rings. The van der Waals surface area contributed by atoms with Gasteiger partial charge in [0, 0.05) is 11.5 Å². The number of hydrogen-bond donors (Lipinski definition) is 0. The van der Waals surface area contributed by atoms with Gasteiger partial charge in [-0.1, -0.05) is 35.6 Å². The average Bonchev–Trinajstić information content (AvgIpc) is 2.78. The van der Waals surface area contributed by atoms with Crippen molar-refractivity contribution in [3.8, 4) is 0 Å². The fraction of sp³-hybridized carbons (Fsp3) is 0.0714. The number of fused-ring (bicyclic) bond motifs is 5. The van der Waals surface area contributed by atoms with Crippen LogP contribution in [0.4, 0.5) is 0 Å². The zero-order valence-corrected chi connectivity index (χ0v) is 11.9. The molecule has 0 bridgehead atoms. The highest BCUT2D eigenvalue weighted by molar-refractivity contribution is 7.17. The first-order valence-electron chi connectivity index (χ1n) is 5.57. The summed E-state index contributed by atoms with van der Waals surface area (Å²) in [5, 5.41) is 2.61. The van der Waals surface area contributed by atoms with Crippen LogP contribution in [0.1, 0.15) is 0 Å². The Bertz CT molecular complexity index is 853. The fourth-order valence-electron chi connectivity index (χ4n) is 2.31. The van der Waals surface area contributed by atoms with Gasteiger partial charge in [0.15, 0.2) is 19.1 Å². The maximum Gasteiger partial charge on any atom is 0.303 e. The standard InChI is InChI=1S/C14H10NOS.BrH/c1-2-4-11-10(3-1)5-6-12-14(11)17-13-9-16-8-7-15(12)13;/h1-7,9H,8H2;1H/q+1;/p-1. The van der Waals surface area contributed by atoms with E-state index in [-0.39, 0.29) is 17.0 Å². The number of thiazole rings is 1. The zero-order valence-electron chi connectivity index (χ0n) is 9.47. The molecule has 2 heterocycles. The monoisotopic (exact) mass is 319 g/mol. The first-order chi connectivity index (χ1) is 8.43. The van der Waals surface area contributed by atoms with Gasteiger partial charge in [-0.3, -0.25) is 0 Å². The minimum absolute atomic E-state index is 0. The second-order valence-electron chi connectivity index (χ2n) is 4.08. The number of nitrogens with zero attached hydrogens (tertiary/aromatic N) is 1. The van der Waals surface area contributed by atoms with Crippen molar-refractivity contribution >= 4 is 38.6 Å². The third-order valence-corrected chi connectivity index (χ3v) is 4.24. The predicted octanol–water partition coefficient (Wildman–Crippen LogP) is -0.876. The van der Waals surface area contributed by atoms with Crippen LogP contribution in [0.3, 0.4) is 0 Å². The largest absolute Gasteiger partial charge is 1.00 e. The van der Waals surface area contributed by atoms with Gasteiger partial charge < -0.3 is 21.7 Å². The highest BCUT2D eigenvalue weighted by Crippen LogP contribution is 2.24. The molecule has 4 heteroatoms. The van der Waals surface area contributed by atoms with E-state index >= 15 is 0 Å². The van der Waals surface area contributed by atoms with E-state index < -0.39 is 0 Å². The van der Waals surface area contributed by atoms with Crippen LogP contribution in [-0.4, -0.2) is 6.61 Å². The summed E-state index contributed by atoms with van der Waals surface area (Å²) in [6, 6.07) is 12.9. The number of aromatic nitrogens is 1. The smallest absolute Gasteiger partial charge is 0.303 e. The molecule has 0 saturated carbocycles. The number of hydrogen-bond acceptors (Lipinski definition) is 2. The van der Waals surface area contributed by atoms with Gasteiger partial charge >= 0.3 is 4.66 Å². The second kappa shape index (κ2) is 4.37. The molecule has 0 spiro atoms. The van der Waals surface area contributed by atoms with E-state index in [2.05, 4.69) is 46.9 Å². The van der Waals surface area contributed by atoms with Gasteiger partial charge in [0.25, 0.3) is 0 Å². The quantitative estimate of drug-likeness (QED) is 0.491. The maximum atomic E-state index is 5.35. The molecule has 2 nitrogen and oxygen atoms in total. The van der Waals surface area contributed by atoms with Crippen LogP contribution in [0, 0.1) is 6.21 Å². The summed E-state index contributed by atoms with van der Waals surface area (Å²) < 4.78 is 10.0. The van der Waals surface area contributed by atoms with E-state index in [1.54, 1.807) is 11.3 Å². The Labute approximate surface area is 118 Å². The third kappa shape index (κ3) is 1.56. The predicted molar refractivity (Wildman–Crippen MR) is 69.3 cm³/mol. The number of ether oxygens (including phenoxy) is 1. The summed E-state index contributed by atoms with van der Waals surface area (Å²) in [7, 11) is 0. The third-order valence-electron chi connectivity index (χ3n) is 3.10. The van der Waals surface area contributed by atoms with Gasteiger partial charge in [0.05, 0.1) is 0 Å². The molecular formula is C14H10BrNOS. The molecule has 0 radical (unpaired) electrons. The Hall–Kier alpha value is -1.39. The van der Waals surface area contributed by atoms with Gasteiger partial charge in [0.1, 0.15) is 4.70 Å². The molecule has 18 heavy (non-hydrogen) atoms. The van der Waals surface area contributed by atoms with Crippen molar-refractivity contribution in [1.29, 1.82) is 0 Å². The fourth-order valence-corrected chi connectivity index (χ4v) is 3.47. The van der Waals surface area contributed by atoms with Crippen LogP contribution in [0.5, 0.6) is 0 Å². The first-order valence-corrected chi connectivity index (χ1v) is 6.39. The van der Waals surface area contributed by atoms with Crippen LogP contribution in [-0.2, 0) is 4.74 Å². The van der Waals surface area contributed by atoms with Crippen LogP contribution in [0.2, 0.25) is 0 Å². The van der Waals surface area contributed by atoms with Crippen LogP contribution >= 0.6 is 11.3 Å². The van der Waals surface area contributed by atoms with Gasteiger partial charge in [-0.15, -0.1) is 4.24 Å². The lowest BCUT2D eigenvalue weighted by molar-refractivity contribution is -0.495. The minimum atomic E-state index is 0. The Morgan fingerprint density at radius 2 is 2.00 bits per heavy atom. The van der Waals surface area contributed by atoms with Crippen molar-refractivity contribution < 1.29 is 26.0 Å². The van der Waals surface area contributed by atoms with Crippen LogP contribution < -0.4 is 25.9 Å². The maximum absolute atomic E-state index is 5.35. The van der Waals surface area contributed by atoms with Gasteiger partial charge in [0.2, 0.25) is 5.52 Å². The lowest BCUT2D eigenvalue weighted by atomic mass is 10.1. The molecule has 90 valence electrons. The lowest BCUT2D eigenvalue weighted by Gasteiger charge is -1.95. The van der Waals surface area contributed by atoms with Crippen molar-refractivity contribution in [3.05, 3.63) is 47.3 Å². The molecule has 3 aromatic rings. The summed E-state index contributed by atoms with van der Waals surface area (Å²) >= 11 is 1.78. The average molecular weight is 320 g/mol. The molecule has 1 aromatic heterocycles. The normalized spacial score (nSPS) is 13.1. The summed E-state index contributed by atoms with van der Waals surface area (Å²) in [4.78, 5) is 0. The van der Waals surface area contributed by atoms with E-state index in [0.29, 0.717) is 6.61 Å². The van der Waals surface area contributed by atoms with Crippen molar-refractivity contribution in [2.24, 2.45) is 0 Å². The zero-order chi connectivity index (χ0) is 11.2. The van der Waals surface area contributed by atoms with Gasteiger partial charge in [-0.2, -0.15) is 0 Å². The Morgan fingerprint density at radius 1 is 1.11 bits per heavy atom. The summed E-state index contributed by atoms with van der Waals surface area (Å²) in [5.41, 5.74) is 1.27. The highest BCUT2D eigenvalue weighted by atomic mass is 79.9. The Morgan fingerprint density at radius 3 is 2.94 bits per heavy atom. The number of benzene rings is 2. The molecule has 4 rings (SSSR count). The lowest BCUT2D eigenvalue weighted by Crippen LogP contribution is -3.00. The molecule has 2 aromatic carbocycles. The summed E-state index contributed by atoms with van der Waals surface area (Å²) in [5.74, 6) is 0. The van der Waals surface area contributed by atoms with Crippen molar-refractivity contribution in [1.82, 2.24) is 0 Å². The number of halogens is 1. The SMILES string of the molecule is C1=c2sc3c4ccccc4ccc3[n+]2=CCO1.[Br-]. The van der Waals surface area contributed by atoms with E-state index in [0.717, 1.165) is 4.66 Å². The molecule has 0 fully saturated rings. The molecule has 0 N–H and O–H groups in total. The van der Waals surface area contributed by atoms with E-state index in [4.69, 9.17) is 4.74 Å². The van der Waals surface area contributed by atoms with Crippen molar-refractivity contribution in [2.45, 2.75) is 0 Å². The highest BCUT2D eigenvalue weighted by Gasteiger charge is 2.14. The topological polar surface area (TPSA) is 15.1 Å². The summed E-state index contributed by atoms with van der Waals surface area (Å²) in [6.45, 7) is 0.649. The molecule has 0 amide bonds. The molecule has 0 atom stereocenters. The molecular weight excluding hydrogens is 310 g/mol. The van der Waals surface area contributed by atoms with E-state index in [9.17, 15) is 0 Å². The second-order valence-corrected chi connectivity index (χ2v) is 5.11. The molecule has 0 aliphatic carbocycles. The molecule has 0 saturated heterocycles. The van der Waals surface area contributed by atoms with Gasteiger partial charge in [-0.05, 0) is 11.5 Å². The van der Waals surface area contributed by atoms with E-state index in [1.807, 2.05) is 6.26 Å². The van der Waals surface area contributed by atoms with Crippen LogP contribution in [0.15, 0.2) is 36.4 Å². The molecule has 1 aliphatic heterocycles. The first kappa shape index (κ1) is 11.7. The molecule has 0 unspecified atom stereocenters. The van der Waals surface area contributed by atoms with Crippen molar-refractivity contribution in [2.75, 3.05) is 6.61 Å².